The molecule has 6 heteroatoms. The molecule has 1 amide bonds. The summed E-state index contributed by atoms with van der Waals surface area (Å²) in [5, 5.41) is 9.51. The molecule has 0 unspecified atom stereocenters. The Balaban J connectivity index is 1.80. The molecule has 0 aliphatic carbocycles. The van der Waals surface area contributed by atoms with Crippen LogP contribution in [0.15, 0.2) is 24.3 Å². The molecule has 1 aromatic carbocycles. The largest absolute Gasteiger partial charge is 0.497 e. The van der Waals surface area contributed by atoms with Crippen LogP contribution in [0.3, 0.4) is 0 Å². The number of nitrogens with zero attached hydrogens (tertiary/aromatic N) is 2. The second-order valence-electron chi connectivity index (χ2n) is 4.71. The van der Waals surface area contributed by atoms with Crippen molar-refractivity contribution in [3.63, 3.8) is 0 Å². The number of H-pyrrole nitrogens is 1. The summed E-state index contributed by atoms with van der Waals surface area (Å²) >= 11 is 0. The minimum absolute atomic E-state index is 0.202. The van der Waals surface area contributed by atoms with Crippen LogP contribution >= 0.6 is 0 Å². The highest BCUT2D eigenvalue weighted by Gasteiger charge is 2.11. The Morgan fingerprint density at radius 2 is 2.05 bits per heavy atom. The number of amides is 1. The minimum Gasteiger partial charge on any atom is -0.497 e. The summed E-state index contributed by atoms with van der Waals surface area (Å²) in [7, 11) is 1.64. The fourth-order valence-corrected chi connectivity index (χ4v) is 1.94. The first-order chi connectivity index (χ1) is 10.2. The highest BCUT2D eigenvalue weighted by molar-refractivity contribution is 5.90. The molecular weight excluding hydrogens is 268 g/mol. The van der Waals surface area contributed by atoms with E-state index in [1.807, 2.05) is 24.3 Å². The van der Waals surface area contributed by atoms with Crippen molar-refractivity contribution in [1.82, 2.24) is 20.5 Å². The Kier molecular flexibility index (Phi) is 5.31. The third-order valence-electron chi connectivity index (χ3n) is 3.08. The van der Waals surface area contributed by atoms with E-state index in [9.17, 15) is 4.79 Å². The summed E-state index contributed by atoms with van der Waals surface area (Å²) in [6.45, 7) is 2.60. The third kappa shape index (κ3) is 4.30. The number of carbonyl (C=O) groups excluding carboxylic acids is 1. The van der Waals surface area contributed by atoms with Gasteiger partial charge in [0, 0.05) is 13.0 Å². The van der Waals surface area contributed by atoms with Crippen molar-refractivity contribution in [3.8, 4) is 5.75 Å². The Hall–Kier alpha value is -2.37. The van der Waals surface area contributed by atoms with Crippen LogP contribution in [0.5, 0.6) is 5.75 Å². The standard InChI is InChI=1S/C15H20N4O2/c1-3-4-13-17-14(19-18-13)15(20)16-10-9-11-5-7-12(21-2)8-6-11/h5-8H,3-4,9-10H2,1-2H3,(H,16,20)(H,17,18,19). The van der Waals surface area contributed by atoms with Crippen molar-refractivity contribution < 1.29 is 9.53 Å². The molecule has 0 radical (unpaired) electrons. The van der Waals surface area contributed by atoms with Crippen molar-refractivity contribution in [2.24, 2.45) is 0 Å². The maximum atomic E-state index is 11.9. The van der Waals surface area contributed by atoms with Gasteiger partial charge in [0.25, 0.3) is 5.91 Å². The summed E-state index contributed by atoms with van der Waals surface area (Å²) in [6, 6.07) is 7.78. The predicted octanol–water partition coefficient (Wildman–Crippen LogP) is 1.74. The number of rotatable bonds is 7. The minimum atomic E-state index is -0.248. The van der Waals surface area contributed by atoms with Gasteiger partial charge in [-0.15, -0.1) is 5.10 Å². The van der Waals surface area contributed by atoms with E-state index < -0.39 is 0 Å². The molecule has 1 heterocycles. The molecule has 2 aromatic rings. The van der Waals surface area contributed by atoms with Crippen LogP contribution in [0.2, 0.25) is 0 Å². The van der Waals surface area contributed by atoms with E-state index in [-0.39, 0.29) is 11.7 Å². The lowest BCUT2D eigenvalue weighted by molar-refractivity contribution is 0.0944. The van der Waals surface area contributed by atoms with Crippen molar-refractivity contribution >= 4 is 5.91 Å². The van der Waals surface area contributed by atoms with Crippen molar-refractivity contribution in [3.05, 3.63) is 41.5 Å². The number of carbonyl (C=O) groups is 1. The lowest BCUT2D eigenvalue weighted by Crippen LogP contribution is -2.26. The second kappa shape index (κ2) is 7.42. The number of benzene rings is 1. The SMILES string of the molecule is CCCc1nc(C(=O)NCCc2ccc(OC)cc2)n[nH]1. The number of methoxy groups -OCH3 is 1. The van der Waals surface area contributed by atoms with Crippen molar-refractivity contribution in [1.29, 1.82) is 0 Å². The highest BCUT2D eigenvalue weighted by atomic mass is 16.5. The van der Waals surface area contributed by atoms with Crippen LogP contribution < -0.4 is 10.1 Å². The van der Waals surface area contributed by atoms with E-state index in [0.717, 1.165) is 36.4 Å². The average Bonchev–Trinajstić information content (AvgIpc) is 2.97. The van der Waals surface area contributed by atoms with E-state index in [1.54, 1.807) is 7.11 Å². The number of aromatic amines is 1. The van der Waals surface area contributed by atoms with Crippen LogP contribution in [0.1, 0.15) is 35.4 Å². The van der Waals surface area contributed by atoms with E-state index >= 15 is 0 Å². The Labute approximate surface area is 123 Å². The van der Waals surface area contributed by atoms with E-state index in [1.165, 1.54) is 0 Å². The number of hydrogen-bond acceptors (Lipinski definition) is 4. The van der Waals surface area contributed by atoms with Gasteiger partial charge in [0.1, 0.15) is 11.6 Å². The van der Waals surface area contributed by atoms with E-state index in [4.69, 9.17) is 4.74 Å². The molecular formula is C15H20N4O2. The summed E-state index contributed by atoms with van der Waals surface area (Å²) in [5.74, 6) is 1.53. The Morgan fingerprint density at radius 1 is 1.29 bits per heavy atom. The smallest absolute Gasteiger partial charge is 0.290 e. The monoisotopic (exact) mass is 288 g/mol. The molecule has 112 valence electrons. The maximum absolute atomic E-state index is 11.9. The van der Waals surface area contributed by atoms with Gasteiger partial charge in [0.15, 0.2) is 0 Å². The molecule has 1 aromatic heterocycles. The average molecular weight is 288 g/mol. The molecule has 0 atom stereocenters. The summed E-state index contributed by atoms with van der Waals surface area (Å²) < 4.78 is 5.10. The molecule has 0 bridgehead atoms. The molecule has 0 aliphatic heterocycles. The summed E-state index contributed by atoms with van der Waals surface area (Å²) in [5.41, 5.74) is 1.14. The zero-order valence-corrected chi connectivity index (χ0v) is 12.3. The Bertz CT molecular complexity index is 578. The fourth-order valence-electron chi connectivity index (χ4n) is 1.94. The molecule has 21 heavy (non-hydrogen) atoms. The van der Waals surface area contributed by atoms with Crippen LogP contribution in [0.4, 0.5) is 0 Å². The van der Waals surface area contributed by atoms with Crippen LogP contribution in [0.25, 0.3) is 0 Å². The number of aromatic nitrogens is 3. The summed E-state index contributed by atoms with van der Waals surface area (Å²) in [4.78, 5) is 16.0. The predicted molar refractivity (Wildman–Crippen MR) is 79.4 cm³/mol. The van der Waals surface area contributed by atoms with Gasteiger partial charge in [0.05, 0.1) is 7.11 Å². The van der Waals surface area contributed by atoms with Gasteiger partial charge in [-0.25, -0.2) is 4.98 Å². The maximum Gasteiger partial charge on any atom is 0.290 e. The van der Waals surface area contributed by atoms with Crippen molar-refractivity contribution in [2.75, 3.05) is 13.7 Å². The van der Waals surface area contributed by atoms with Crippen LogP contribution in [-0.2, 0) is 12.8 Å². The molecule has 2 N–H and O–H groups in total. The lowest BCUT2D eigenvalue weighted by Gasteiger charge is -2.04. The molecule has 0 aliphatic rings. The molecule has 6 nitrogen and oxygen atoms in total. The van der Waals surface area contributed by atoms with Gasteiger partial charge < -0.3 is 10.1 Å². The number of nitrogens with one attached hydrogen (secondary N) is 2. The van der Waals surface area contributed by atoms with E-state index in [0.29, 0.717) is 6.54 Å². The second-order valence-corrected chi connectivity index (χ2v) is 4.71. The van der Waals surface area contributed by atoms with Crippen molar-refractivity contribution in [2.45, 2.75) is 26.2 Å². The first-order valence-corrected chi connectivity index (χ1v) is 7.05. The topological polar surface area (TPSA) is 79.9 Å². The molecule has 0 saturated heterocycles. The molecule has 2 rings (SSSR count). The summed E-state index contributed by atoms with van der Waals surface area (Å²) in [6.07, 6.45) is 2.52. The van der Waals surface area contributed by atoms with Gasteiger partial charge in [0.2, 0.25) is 5.82 Å². The fraction of sp³-hybridized carbons (Fsp3) is 0.400. The Morgan fingerprint density at radius 3 is 2.71 bits per heavy atom. The quantitative estimate of drug-likeness (QED) is 0.813. The zero-order chi connectivity index (χ0) is 15.1. The van der Waals surface area contributed by atoms with Gasteiger partial charge in [-0.1, -0.05) is 19.1 Å². The number of ether oxygens (including phenoxy) is 1. The molecule has 0 fully saturated rings. The first-order valence-electron chi connectivity index (χ1n) is 7.05. The zero-order valence-electron chi connectivity index (χ0n) is 12.3. The highest BCUT2D eigenvalue weighted by Crippen LogP contribution is 2.11. The van der Waals surface area contributed by atoms with Gasteiger partial charge in [-0.2, -0.15) is 0 Å². The molecule has 0 saturated carbocycles. The lowest BCUT2D eigenvalue weighted by atomic mass is 10.1. The van der Waals surface area contributed by atoms with E-state index in [2.05, 4.69) is 27.4 Å². The van der Waals surface area contributed by atoms with Crippen LogP contribution in [0, 0.1) is 0 Å². The first kappa shape index (κ1) is 15.0. The van der Waals surface area contributed by atoms with Crippen LogP contribution in [-0.4, -0.2) is 34.7 Å². The van der Waals surface area contributed by atoms with Gasteiger partial charge in [-0.05, 0) is 30.5 Å². The normalized spacial score (nSPS) is 10.4. The number of hydrogen-bond donors (Lipinski definition) is 2. The molecule has 0 spiro atoms. The third-order valence-corrected chi connectivity index (χ3v) is 3.08. The van der Waals surface area contributed by atoms with Gasteiger partial charge in [-0.3, -0.25) is 9.89 Å². The number of aryl methyl sites for hydroxylation is 1. The van der Waals surface area contributed by atoms with Gasteiger partial charge >= 0.3 is 0 Å².